The number of hydrogen-bond acceptors (Lipinski definition) is 6. The predicted octanol–water partition coefficient (Wildman–Crippen LogP) is -0.338. The maximum Gasteiger partial charge on any atom is 0.448 e. The lowest BCUT2D eigenvalue weighted by Gasteiger charge is -2.14. The molecule has 0 aliphatic carbocycles. The Morgan fingerprint density at radius 3 is 2.18 bits per heavy atom. The van der Waals surface area contributed by atoms with Crippen molar-refractivity contribution in [2.75, 3.05) is 19.6 Å². The van der Waals surface area contributed by atoms with Gasteiger partial charge in [0.1, 0.15) is 0 Å². The third kappa shape index (κ3) is 11.3. The van der Waals surface area contributed by atoms with Crippen LogP contribution < -0.4 is 11.1 Å². The lowest BCUT2D eigenvalue weighted by molar-refractivity contribution is -0.137. The minimum atomic E-state index is -2.16. The molecule has 3 N–H and O–H groups in total. The van der Waals surface area contributed by atoms with E-state index in [1.54, 1.807) is 0 Å². The monoisotopic (exact) mass is 262 g/mol. The second-order valence-corrected chi connectivity index (χ2v) is 5.59. The van der Waals surface area contributed by atoms with Crippen LogP contribution in [0.15, 0.2) is 0 Å². The first kappa shape index (κ1) is 16.1. The van der Waals surface area contributed by atoms with Crippen molar-refractivity contribution in [1.82, 2.24) is 5.32 Å². The minimum Gasteiger partial charge on any atom is -0.487 e. The number of rotatable bonds is 9. The Morgan fingerprint density at radius 2 is 1.71 bits per heavy atom. The molecule has 0 rings (SSSR count). The average molecular weight is 262 g/mol. The third-order valence-corrected chi connectivity index (χ3v) is 4.03. The summed E-state index contributed by atoms with van der Waals surface area (Å²) in [4.78, 5) is 21.6. The summed E-state index contributed by atoms with van der Waals surface area (Å²) in [6.07, 6.45) is 1.82. The molecule has 17 heavy (non-hydrogen) atoms. The van der Waals surface area contributed by atoms with Gasteiger partial charge in [0.05, 0.1) is 0 Å². The number of carbonyl (C=O) groups is 2. The number of hydrogen-bond donors (Lipinski definition) is 2. The van der Waals surface area contributed by atoms with Gasteiger partial charge in [0.2, 0.25) is 0 Å². The van der Waals surface area contributed by atoms with Crippen LogP contribution in [0.1, 0.15) is 26.7 Å². The lowest BCUT2D eigenvalue weighted by Crippen LogP contribution is -2.28. The molecule has 7 heteroatoms. The van der Waals surface area contributed by atoms with Gasteiger partial charge in [-0.15, -0.1) is 0 Å². The molecule has 0 fully saturated rings. The first-order valence-electron chi connectivity index (χ1n) is 5.81. The Bertz CT molecular complexity index is 222. The summed E-state index contributed by atoms with van der Waals surface area (Å²) in [6, 6.07) is 0.656. The van der Waals surface area contributed by atoms with E-state index in [2.05, 4.69) is 5.32 Å². The van der Waals surface area contributed by atoms with E-state index in [4.69, 9.17) is 14.6 Å². The molecule has 0 bridgehead atoms. The van der Waals surface area contributed by atoms with Gasteiger partial charge in [0, 0.05) is 33.0 Å². The van der Waals surface area contributed by atoms with Crippen molar-refractivity contribution in [3.05, 3.63) is 0 Å². The van der Waals surface area contributed by atoms with Crippen LogP contribution in [0.3, 0.4) is 0 Å². The zero-order valence-corrected chi connectivity index (χ0v) is 11.7. The number of unbranched alkanes of at least 4 members (excludes halogenated alkanes) is 1. The van der Waals surface area contributed by atoms with Gasteiger partial charge in [-0.3, -0.25) is 9.59 Å². The molecule has 100 valence electrons. The number of carbonyl (C=O) groups excluding carboxylic acids is 2. The summed E-state index contributed by atoms with van der Waals surface area (Å²) in [5, 5.41) is 3.17. The first-order chi connectivity index (χ1) is 8.06. The zero-order valence-electron chi connectivity index (χ0n) is 10.5. The molecule has 0 aromatic carbocycles. The van der Waals surface area contributed by atoms with Crippen LogP contribution in [0.25, 0.3) is 0 Å². The average Bonchev–Trinajstić information content (AvgIpc) is 2.21. The van der Waals surface area contributed by atoms with Gasteiger partial charge >= 0.3 is 9.28 Å². The maximum atomic E-state index is 10.8. The van der Waals surface area contributed by atoms with Crippen LogP contribution >= 0.6 is 0 Å². The van der Waals surface area contributed by atoms with Crippen molar-refractivity contribution in [3.63, 3.8) is 0 Å². The fourth-order valence-electron chi connectivity index (χ4n) is 1.30. The number of nitrogens with two attached hydrogens (primary N) is 1. The molecular formula is C10H22N2O4Si. The smallest absolute Gasteiger partial charge is 0.448 e. The molecule has 0 aromatic heterocycles. The zero-order chi connectivity index (χ0) is 13.1. The molecule has 0 unspecified atom stereocenters. The topological polar surface area (TPSA) is 90.7 Å². The van der Waals surface area contributed by atoms with E-state index in [-0.39, 0.29) is 11.9 Å². The molecule has 0 radical (unpaired) electrons. The normalized spacial score (nSPS) is 10.4. The summed E-state index contributed by atoms with van der Waals surface area (Å²) >= 11 is 0. The highest BCUT2D eigenvalue weighted by Gasteiger charge is 2.19. The molecule has 0 saturated carbocycles. The number of nitrogens with one attached hydrogen (secondary N) is 1. The van der Waals surface area contributed by atoms with Gasteiger partial charge < -0.3 is 19.9 Å². The molecule has 0 aromatic rings. The second-order valence-electron chi connectivity index (χ2n) is 3.68. The second kappa shape index (κ2) is 10.2. The fourth-order valence-corrected chi connectivity index (χ4v) is 2.95. The van der Waals surface area contributed by atoms with E-state index in [9.17, 15) is 9.59 Å². The van der Waals surface area contributed by atoms with Gasteiger partial charge in [0.25, 0.3) is 11.9 Å². The van der Waals surface area contributed by atoms with Crippen LogP contribution in [0, 0.1) is 0 Å². The Kier molecular flexibility index (Phi) is 9.69. The van der Waals surface area contributed by atoms with Crippen LogP contribution in [-0.4, -0.2) is 40.9 Å². The minimum absolute atomic E-state index is 0.385. The summed E-state index contributed by atoms with van der Waals surface area (Å²) in [6.45, 7) is 4.95. The van der Waals surface area contributed by atoms with Gasteiger partial charge in [-0.25, -0.2) is 0 Å². The van der Waals surface area contributed by atoms with E-state index >= 15 is 0 Å². The summed E-state index contributed by atoms with van der Waals surface area (Å²) in [5.41, 5.74) is 5.33. The Labute approximate surface area is 104 Å². The third-order valence-electron chi connectivity index (χ3n) is 1.96. The molecule has 0 atom stereocenters. The van der Waals surface area contributed by atoms with Gasteiger partial charge in [0.15, 0.2) is 0 Å². The summed E-state index contributed by atoms with van der Waals surface area (Å²) in [5.74, 6) is -0.770. The molecule has 0 aliphatic rings. The molecular weight excluding hydrogens is 240 g/mol. The molecule has 6 nitrogen and oxygen atoms in total. The van der Waals surface area contributed by atoms with E-state index < -0.39 is 9.28 Å². The Morgan fingerprint density at radius 1 is 1.12 bits per heavy atom. The molecule has 0 amide bonds. The van der Waals surface area contributed by atoms with Crippen molar-refractivity contribution < 1.29 is 18.4 Å². The van der Waals surface area contributed by atoms with Gasteiger partial charge in [-0.2, -0.15) is 0 Å². The fraction of sp³-hybridized carbons (Fsp3) is 0.800. The predicted molar refractivity (Wildman–Crippen MR) is 66.6 cm³/mol. The lowest BCUT2D eigenvalue weighted by atomic mass is 10.3. The van der Waals surface area contributed by atoms with Crippen molar-refractivity contribution >= 4 is 21.2 Å². The quantitative estimate of drug-likeness (QED) is 0.436. The van der Waals surface area contributed by atoms with Crippen LogP contribution in [0.4, 0.5) is 0 Å². The highest BCUT2D eigenvalue weighted by molar-refractivity contribution is 6.48. The van der Waals surface area contributed by atoms with Crippen LogP contribution in [0.5, 0.6) is 0 Å². The summed E-state index contributed by atoms with van der Waals surface area (Å²) < 4.78 is 10.0. The highest BCUT2D eigenvalue weighted by Crippen LogP contribution is 2.05. The Hall–Kier alpha value is -0.923. The first-order valence-corrected chi connectivity index (χ1v) is 7.57. The van der Waals surface area contributed by atoms with Crippen molar-refractivity contribution in [3.8, 4) is 0 Å². The summed E-state index contributed by atoms with van der Waals surface area (Å²) in [7, 11) is -2.16. The van der Waals surface area contributed by atoms with E-state index in [0.717, 1.165) is 25.9 Å². The Balaban J connectivity index is 3.68. The molecule has 0 spiro atoms. The van der Waals surface area contributed by atoms with Crippen LogP contribution in [-0.2, 0) is 18.4 Å². The van der Waals surface area contributed by atoms with Gasteiger partial charge in [-0.1, -0.05) is 0 Å². The van der Waals surface area contributed by atoms with Crippen molar-refractivity contribution in [1.29, 1.82) is 0 Å². The largest absolute Gasteiger partial charge is 0.487 e. The maximum absolute atomic E-state index is 10.8. The van der Waals surface area contributed by atoms with Crippen molar-refractivity contribution in [2.45, 2.75) is 32.7 Å². The molecule has 0 saturated heterocycles. The SMILES string of the molecule is CC(=O)O[SiH](CCCCNCCN)OC(C)=O. The van der Waals surface area contributed by atoms with Crippen molar-refractivity contribution in [2.24, 2.45) is 5.73 Å². The molecule has 0 aliphatic heterocycles. The van der Waals surface area contributed by atoms with E-state index in [1.165, 1.54) is 13.8 Å². The highest BCUT2D eigenvalue weighted by atomic mass is 28.3. The standard InChI is InChI=1S/C10H22N2O4Si/c1-9(13)15-17(16-10(2)14)8-4-3-6-12-7-5-11/h12,17H,3-8,11H2,1-2H3. The van der Waals surface area contributed by atoms with E-state index in [1.807, 2.05) is 0 Å². The van der Waals surface area contributed by atoms with Gasteiger partial charge in [-0.05, 0) is 19.4 Å². The molecule has 0 heterocycles. The van der Waals surface area contributed by atoms with E-state index in [0.29, 0.717) is 12.6 Å². The van der Waals surface area contributed by atoms with Crippen LogP contribution in [0.2, 0.25) is 6.04 Å².